The third-order valence-electron chi connectivity index (χ3n) is 2.49. The Balaban J connectivity index is 2.74. The van der Waals surface area contributed by atoms with Gasteiger partial charge in [-0.05, 0) is 41.2 Å². The monoisotopic (exact) mass is 329 g/mol. The second-order valence-electron chi connectivity index (χ2n) is 3.96. The van der Waals surface area contributed by atoms with Crippen molar-refractivity contribution in [2.45, 2.75) is 0 Å². The normalized spacial score (nSPS) is 10.1. The van der Waals surface area contributed by atoms with Gasteiger partial charge in [-0.2, -0.15) is 0 Å². The highest BCUT2D eigenvalue weighted by molar-refractivity contribution is 9.10. The number of amides is 2. The maximum atomic E-state index is 11.8. The number of hydrogen-bond donors (Lipinski definition) is 3. The minimum absolute atomic E-state index is 0.107. The second kappa shape index (κ2) is 7.10. The van der Waals surface area contributed by atoms with E-state index >= 15 is 0 Å². The van der Waals surface area contributed by atoms with Gasteiger partial charge in [0.05, 0.1) is 5.56 Å². The van der Waals surface area contributed by atoms with Gasteiger partial charge >= 0.3 is 12.0 Å². The minimum Gasteiger partial charge on any atom is -0.478 e. The topological polar surface area (TPSA) is 81.7 Å². The van der Waals surface area contributed by atoms with Crippen LogP contribution in [-0.4, -0.2) is 49.2 Å². The van der Waals surface area contributed by atoms with Crippen LogP contribution in [0.15, 0.2) is 22.7 Å². The van der Waals surface area contributed by atoms with Crippen LogP contribution < -0.4 is 10.6 Å². The molecule has 19 heavy (non-hydrogen) atoms. The fourth-order valence-corrected chi connectivity index (χ4v) is 1.78. The Morgan fingerprint density at radius 1 is 1.42 bits per heavy atom. The summed E-state index contributed by atoms with van der Waals surface area (Å²) in [6.45, 7) is 1.25. The molecule has 1 aromatic rings. The average Bonchev–Trinajstić information content (AvgIpc) is 2.37. The molecule has 104 valence electrons. The van der Waals surface area contributed by atoms with Gasteiger partial charge in [0.25, 0.3) is 0 Å². The lowest BCUT2D eigenvalue weighted by Gasteiger charge is -2.18. The van der Waals surface area contributed by atoms with Gasteiger partial charge in [0.1, 0.15) is 0 Å². The number of carboxylic acid groups (broad SMARTS) is 1. The van der Waals surface area contributed by atoms with Crippen molar-refractivity contribution in [1.29, 1.82) is 0 Å². The van der Waals surface area contributed by atoms with E-state index in [9.17, 15) is 9.59 Å². The number of likely N-dealkylation sites (N-methyl/N-ethyl adjacent to an activating group) is 2. The summed E-state index contributed by atoms with van der Waals surface area (Å²) in [4.78, 5) is 24.3. The van der Waals surface area contributed by atoms with E-state index in [1.54, 1.807) is 26.2 Å². The molecular weight excluding hydrogens is 314 g/mol. The van der Waals surface area contributed by atoms with Crippen LogP contribution in [0.5, 0.6) is 0 Å². The van der Waals surface area contributed by atoms with Gasteiger partial charge < -0.3 is 20.6 Å². The van der Waals surface area contributed by atoms with Gasteiger partial charge in [-0.15, -0.1) is 0 Å². The first-order valence-corrected chi connectivity index (χ1v) is 6.44. The van der Waals surface area contributed by atoms with Crippen molar-refractivity contribution in [3.05, 3.63) is 28.2 Å². The van der Waals surface area contributed by atoms with Crippen LogP contribution in [0, 0.1) is 0 Å². The van der Waals surface area contributed by atoms with Gasteiger partial charge in [-0.25, -0.2) is 9.59 Å². The predicted octanol–water partition coefficient (Wildman–Crippen LogP) is 1.83. The predicted molar refractivity (Wildman–Crippen MR) is 76.7 cm³/mol. The van der Waals surface area contributed by atoms with Crippen LogP contribution in [0.3, 0.4) is 0 Å². The summed E-state index contributed by atoms with van der Waals surface area (Å²) in [5, 5.41) is 14.6. The SMILES string of the molecule is CNCCN(C)C(=O)Nc1ccc(Br)c(C(=O)O)c1. The molecule has 0 atom stereocenters. The smallest absolute Gasteiger partial charge is 0.336 e. The Hall–Kier alpha value is -1.60. The molecule has 0 aliphatic carbocycles. The quantitative estimate of drug-likeness (QED) is 0.769. The summed E-state index contributed by atoms with van der Waals surface area (Å²) in [6.07, 6.45) is 0. The number of halogens is 1. The summed E-state index contributed by atoms with van der Waals surface area (Å²) >= 11 is 3.15. The fraction of sp³-hybridized carbons (Fsp3) is 0.333. The molecule has 6 nitrogen and oxygen atoms in total. The first kappa shape index (κ1) is 15.5. The lowest BCUT2D eigenvalue weighted by Crippen LogP contribution is -2.35. The second-order valence-corrected chi connectivity index (χ2v) is 4.81. The molecule has 0 aliphatic rings. The van der Waals surface area contributed by atoms with Crippen LogP contribution in [0.2, 0.25) is 0 Å². The first-order valence-electron chi connectivity index (χ1n) is 5.65. The van der Waals surface area contributed by atoms with E-state index in [4.69, 9.17) is 5.11 Å². The summed E-state index contributed by atoms with van der Waals surface area (Å²) in [7, 11) is 3.48. The van der Waals surface area contributed by atoms with Crippen molar-refractivity contribution in [3.63, 3.8) is 0 Å². The molecule has 0 saturated carbocycles. The molecule has 1 aromatic carbocycles. The summed E-state index contributed by atoms with van der Waals surface area (Å²) in [6, 6.07) is 4.36. The Morgan fingerprint density at radius 3 is 2.68 bits per heavy atom. The molecule has 0 unspecified atom stereocenters. The third-order valence-corrected chi connectivity index (χ3v) is 3.18. The molecule has 0 saturated heterocycles. The molecule has 0 spiro atoms. The molecule has 1 rings (SSSR count). The highest BCUT2D eigenvalue weighted by Gasteiger charge is 2.12. The minimum atomic E-state index is -1.05. The zero-order valence-corrected chi connectivity index (χ0v) is 12.3. The highest BCUT2D eigenvalue weighted by Crippen LogP contribution is 2.21. The Labute approximate surface area is 119 Å². The maximum absolute atomic E-state index is 11.8. The van der Waals surface area contributed by atoms with Crippen LogP contribution in [0.4, 0.5) is 10.5 Å². The molecule has 0 bridgehead atoms. The van der Waals surface area contributed by atoms with Crippen molar-refractivity contribution >= 4 is 33.6 Å². The Bertz CT molecular complexity index is 479. The van der Waals surface area contributed by atoms with Gasteiger partial charge in [-0.3, -0.25) is 0 Å². The Morgan fingerprint density at radius 2 is 2.11 bits per heavy atom. The molecule has 0 aromatic heterocycles. The van der Waals surface area contributed by atoms with Gasteiger partial charge in [0.2, 0.25) is 0 Å². The van der Waals surface area contributed by atoms with E-state index in [1.165, 1.54) is 11.0 Å². The number of carbonyl (C=O) groups excluding carboxylic acids is 1. The van der Waals surface area contributed by atoms with Crippen LogP contribution in [0.25, 0.3) is 0 Å². The molecule has 7 heteroatoms. The van der Waals surface area contributed by atoms with Gasteiger partial charge in [-0.1, -0.05) is 0 Å². The number of anilines is 1. The summed E-state index contributed by atoms with van der Waals surface area (Å²) in [5.41, 5.74) is 0.553. The van der Waals surface area contributed by atoms with Crippen LogP contribution >= 0.6 is 15.9 Å². The summed E-state index contributed by atoms with van der Waals surface area (Å²) in [5.74, 6) is -1.05. The fourth-order valence-electron chi connectivity index (χ4n) is 1.37. The molecular formula is C12H16BrN3O3. The number of hydrogen-bond acceptors (Lipinski definition) is 3. The number of nitrogens with zero attached hydrogens (tertiary/aromatic N) is 1. The van der Waals surface area contributed by atoms with Crippen LogP contribution in [0.1, 0.15) is 10.4 Å². The number of benzene rings is 1. The van der Waals surface area contributed by atoms with E-state index in [0.717, 1.165) is 0 Å². The first-order chi connectivity index (χ1) is 8.95. The molecule has 3 N–H and O–H groups in total. The average molecular weight is 330 g/mol. The van der Waals surface area contributed by atoms with E-state index in [-0.39, 0.29) is 11.6 Å². The zero-order chi connectivity index (χ0) is 14.4. The number of aromatic carboxylic acids is 1. The Kier molecular flexibility index (Phi) is 5.78. The van der Waals surface area contributed by atoms with E-state index in [2.05, 4.69) is 26.6 Å². The maximum Gasteiger partial charge on any atom is 0.336 e. The molecule has 0 radical (unpaired) electrons. The van der Waals surface area contributed by atoms with E-state index in [0.29, 0.717) is 23.2 Å². The van der Waals surface area contributed by atoms with Crippen molar-refractivity contribution in [2.75, 3.05) is 32.5 Å². The standard InChI is InChI=1S/C12H16BrN3O3/c1-14-5-6-16(2)12(19)15-8-3-4-10(13)9(7-8)11(17)18/h3-4,7,14H,5-6H2,1-2H3,(H,15,19)(H,17,18). The lowest BCUT2D eigenvalue weighted by molar-refractivity contribution is 0.0696. The number of carbonyl (C=O) groups is 2. The van der Waals surface area contributed by atoms with Gasteiger partial charge in [0.15, 0.2) is 0 Å². The van der Waals surface area contributed by atoms with E-state index in [1.807, 2.05) is 0 Å². The lowest BCUT2D eigenvalue weighted by atomic mass is 10.2. The largest absolute Gasteiger partial charge is 0.478 e. The van der Waals surface area contributed by atoms with Gasteiger partial charge in [0, 0.05) is 30.3 Å². The molecule has 0 aliphatic heterocycles. The van der Waals surface area contributed by atoms with Crippen molar-refractivity contribution in [2.24, 2.45) is 0 Å². The number of nitrogens with one attached hydrogen (secondary N) is 2. The molecule has 0 heterocycles. The van der Waals surface area contributed by atoms with E-state index < -0.39 is 5.97 Å². The van der Waals surface area contributed by atoms with Crippen LogP contribution in [-0.2, 0) is 0 Å². The highest BCUT2D eigenvalue weighted by atomic mass is 79.9. The molecule has 0 fully saturated rings. The zero-order valence-electron chi connectivity index (χ0n) is 10.7. The van der Waals surface area contributed by atoms with Crippen molar-refractivity contribution in [3.8, 4) is 0 Å². The van der Waals surface area contributed by atoms with Crippen molar-refractivity contribution in [1.82, 2.24) is 10.2 Å². The number of rotatable bonds is 5. The molecule has 2 amide bonds. The summed E-state index contributed by atoms with van der Waals surface area (Å²) < 4.78 is 0.474. The number of urea groups is 1. The third kappa shape index (κ3) is 4.53. The number of carboxylic acids is 1. The van der Waals surface area contributed by atoms with Crippen molar-refractivity contribution < 1.29 is 14.7 Å².